The molecule has 7 nitrogen and oxygen atoms in total. The lowest BCUT2D eigenvalue weighted by atomic mass is 9.99. The van der Waals surface area contributed by atoms with E-state index in [1.165, 1.54) is 18.4 Å². The third kappa shape index (κ3) is 4.56. The molecule has 6 aromatic rings. The first-order chi connectivity index (χ1) is 18.2. The Kier molecular flexibility index (Phi) is 5.80. The van der Waals surface area contributed by atoms with Gasteiger partial charge in [0.05, 0.1) is 28.7 Å². The summed E-state index contributed by atoms with van der Waals surface area (Å²) in [6, 6.07) is 14.8. The number of aromatic nitrogens is 5. The standard InChI is InChI=1S/C29H24FN5O2S/c1-17-5-7-31-14-24(17)19-3-4-26-23(12-19)29(35-34-26)27-13-22-25(15-32-16-28(22)33-27)20-9-18(10-21(30)11-20)6-8-38(2,36)37/h3-5,7,9-16,33H,6,8H2,1-2H3,(H,34,35). The van der Waals surface area contributed by atoms with Crippen LogP contribution in [0.25, 0.3) is 55.4 Å². The fourth-order valence-corrected chi connectivity index (χ4v) is 5.42. The number of aryl methyl sites for hydroxylation is 2. The van der Waals surface area contributed by atoms with Crippen molar-refractivity contribution in [2.45, 2.75) is 13.3 Å². The highest BCUT2D eigenvalue weighted by Gasteiger charge is 2.16. The van der Waals surface area contributed by atoms with E-state index < -0.39 is 15.7 Å². The van der Waals surface area contributed by atoms with Crippen molar-refractivity contribution in [2.24, 2.45) is 0 Å². The average molecular weight is 526 g/mol. The number of nitrogens with zero attached hydrogens (tertiary/aromatic N) is 3. The van der Waals surface area contributed by atoms with E-state index in [4.69, 9.17) is 0 Å². The number of hydrogen-bond acceptors (Lipinski definition) is 5. The van der Waals surface area contributed by atoms with E-state index in [-0.39, 0.29) is 12.2 Å². The molecule has 2 aromatic carbocycles. The molecule has 0 amide bonds. The van der Waals surface area contributed by atoms with Crippen molar-refractivity contribution >= 4 is 31.6 Å². The third-order valence-corrected chi connectivity index (χ3v) is 7.69. The van der Waals surface area contributed by atoms with Crippen molar-refractivity contribution in [3.8, 4) is 33.6 Å². The molecule has 0 fully saturated rings. The van der Waals surface area contributed by atoms with Gasteiger partial charge >= 0.3 is 0 Å². The predicted octanol–water partition coefficient (Wildman–Crippen LogP) is 5.87. The molecule has 0 spiro atoms. The monoisotopic (exact) mass is 525 g/mol. The van der Waals surface area contributed by atoms with Gasteiger partial charge in [0.15, 0.2) is 0 Å². The minimum absolute atomic E-state index is 0.0422. The first kappa shape index (κ1) is 24.0. The highest BCUT2D eigenvalue weighted by molar-refractivity contribution is 7.90. The molecule has 0 saturated heterocycles. The zero-order chi connectivity index (χ0) is 26.4. The lowest BCUT2D eigenvalue weighted by molar-refractivity contribution is 0.600. The number of pyridine rings is 2. The van der Waals surface area contributed by atoms with Crippen molar-refractivity contribution < 1.29 is 12.8 Å². The smallest absolute Gasteiger partial charge is 0.147 e. The van der Waals surface area contributed by atoms with E-state index in [2.05, 4.69) is 38.1 Å². The van der Waals surface area contributed by atoms with Gasteiger partial charge in [-0.3, -0.25) is 15.1 Å². The average Bonchev–Trinajstić information content (AvgIpc) is 3.50. The normalized spacial score (nSPS) is 12.0. The van der Waals surface area contributed by atoms with Crippen LogP contribution in [-0.2, 0) is 16.3 Å². The highest BCUT2D eigenvalue weighted by atomic mass is 32.2. The van der Waals surface area contributed by atoms with Crippen LogP contribution in [0.15, 0.2) is 73.3 Å². The summed E-state index contributed by atoms with van der Waals surface area (Å²) in [4.78, 5) is 12.1. The Bertz CT molecular complexity index is 1940. The topological polar surface area (TPSA) is 104 Å². The molecule has 0 saturated carbocycles. The van der Waals surface area contributed by atoms with Gasteiger partial charge in [0.25, 0.3) is 0 Å². The van der Waals surface area contributed by atoms with Gasteiger partial charge in [-0.15, -0.1) is 0 Å². The minimum atomic E-state index is -3.16. The Balaban J connectivity index is 1.44. The van der Waals surface area contributed by atoms with E-state index in [0.29, 0.717) is 11.1 Å². The maximum atomic E-state index is 14.5. The third-order valence-electron chi connectivity index (χ3n) is 6.74. The number of fused-ring (bicyclic) bond motifs is 2. The molecule has 0 bridgehead atoms. The molecule has 0 aliphatic rings. The number of hydrogen-bond donors (Lipinski definition) is 2. The molecular weight excluding hydrogens is 501 g/mol. The lowest BCUT2D eigenvalue weighted by Gasteiger charge is -2.07. The Morgan fingerprint density at radius 2 is 1.71 bits per heavy atom. The molecule has 0 unspecified atom stereocenters. The molecule has 0 radical (unpaired) electrons. The number of nitrogens with one attached hydrogen (secondary N) is 2. The van der Waals surface area contributed by atoms with Gasteiger partial charge in [-0.25, -0.2) is 12.8 Å². The van der Waals surface area contributed by atoms with Crippen LogP contribution in [0.5, 0.6) is 0 Å². The van der Waals surface area contributed by atoms with Gasteiger partial charge in [0, 0.05) is 46.7 Å². The fourth-order valence-electron chi connectivity index (χ4n) is 4.82. The molecule has 4 heterocycles. The van der Waals surface area contributed by atoms with Crippen LogP contribution in [0, 0.1) is 12.7 Å². The summed E-state index contributed by atoms with van der Waals surface area (Å²) in [7, 11) is -3.16. The summed E-state index contributed by atoms with van der Waals surface area (Å²) in [6.07, 6.45) is 8.49. The summed E-state index contributed by atoms with van der Waals surface area (Å²) in [5.74, 6) is -0.463. The summed E-state index contributed by atoms with van der Waals surface area (Å²) >= 11 is 0. The van der Waals surface area contributed by atoms with Gasteiger partial charge < -0.3 is 4.98 Å². The second kappa shape index (κ2) is 9.18. The molecule has 6 rings (SSSR count). The Morgan fingerprint density at radius 1 is 0.868 bits per heavy atom. The van der Waals surface area contributed by atoms with Gasteiger partial charge in [0.2, 0.25) is 0 Å². The van der Waals surface area contributed by atoms with E-state index in [1.807, 2.05) is 36.5 Å². The van der Waals surface area contributed by atoms with Crippen molar-refractivity contribution in [1.82, 2.24) is 25.1 Å². The molecule has 38 heavy (non-hydrogen) atoms. The molecule has 0 atom stereocenters. The van der Waals surface area contributed by atoms with Crippen LogP contribution in [0.3, 0.4) is 0 Å². The van der Waals surface area contributed by atoms with Crippen molar-refractivity contribution in [1.29, 1.82) is 0 Å². The van der Waals surface area contributed by atoms with E-state index in [0.717, 1.165) is 55.4 Å². The van der Waals surface area contributed by atoms with Crippen LogP contribution in [0.1, 0.15) is 11.1 Å². The molecule has 190 valence electrons. The summed E-state index contributed by atoms with van der Waals surface area (Å²) < 4.78 is 37.8. The molecule has 2 N–H and O–H groups in total. The first-order valence-electron chi connectivity index (χ1n) is 12.1. The second-order valence-corrected chi connectivity index (χ2v) is 11.8. The number of sulfone groups is 1. The van der Waals surface area contributed by atoms with E-state index >= 15 is 0 Å². The van der Waals surface area contributed by atoms with Gasteiger partial charge in [-0.1, -0.05) is 12.1 Å². The lowest BCUT2D eigenvalue weighted by Crippen LogP contribution is -2.06. The fraction of sp³-hybridized carbons (Fsp3) is 0.138. The van der Waals surface area contributed by atoms with Crippen LogP contribution < -0.4 is 0 Å². The molecular formula is C29H24FN5O2S. The largest absolute Gasteiger partial charge is 0.352 e. The zero-order valence-corrected chi connectivity index (χ0v) is 21.6. The number of rotatable bonds is 6. The second-order valence-electron chi connectivity index (χ2n) is 9.58. The summed E-state index contributed by atoms with van der Waals surface area (Å²) in [5.41, 5.74) is 8.50. The maximum absolute atomic E-state index is 14.5. The van der Waals surface area contributed by atoms with Crippen molar-refractivity contribution in [3.63, 3.8) is 0 Å². The first-order valence-corrected chi connectivity index (χ1v) is 14.1. The van der Waals surface area contributed by atoms with Crippen LogP contribution in [-0.4, -0.2) is 45.6 Å². The maximum Gasteiger partial charge on any atom is 0.147 e. The van der Waals surface area contributed by atoms with Crippen LogP contribution in [0.2, 0.25) is 0 Å². The highest BCUT2D eigenvalue weighted by Crippen LogP contribution is 2.35. The molecule has 0 aliphatic carbocycles. The van der Waals surface area contributed by atoms with Gasteiger partial charge in [-0.2, -0.15) is 5.10 Å². The van der Waals surface area contributed by atoms with Gasteiger partial charge in [-0.05, 0) is 72.0 Å². The summed E-state index contributed by atoms with van der Waals surface area (Å²) in [5, 5.41) is 9.52. The summed E-state index contributed by atoms with van der Waals surface area (Å²) in [6.45, 7) is 2.06. The quantitative estimate of drug-likeness (QED) is 0.283. The zero-order valence-electron chi connectivity index (χ0n) is 20.8. The van der Waals surface area contributed by atoms with Crippen molar-refractivity contribution in [2.75, 3.05) is 12.0 Å². The Morgan fingerprint density at radius 3 is 2.53 bits per heavy atom. The number of halogens is 1. The van der Waals surface area contributed by atoms with Crippen LogP contribution in [0.4, 0.5) is 4.39 Å². The molecule has 0 aliphatic heterocycles. The van der Waals surface area contributed by atoms with Crippen molar-refractivity contribution in [3.05, 3.63) is 90.3 Å². The predicted molar refractivity (Wildman–Crippen MR) is 148 cm³/mol. The van der Waals surface area contributed by atoms with E-state index in [9.17, 15) is 12.8 Å². The molecule has 4 aromatic heterocycles. The minimum Gasteiger partial charge on any atom is -0.352 e. The number of benzene rings is 2. The van der Waals surface area contributed by atoms with Crippen LogP contribution >= 0.6 is 0 Å². The van der Waals surface area contributed by atoms with Gasteiger partial charge in [0.1, 0.15) is 21.3 Å². The molecule has 9 heteroatoms. The van der Waals surface area contributed by atoms with E-state index in [1.54, 1.807) is 18.6 Å². The number of aromatic amines is 2. The Labute approximate surface area is 218 Å². The Hall–Kier alpha value is -4.37. The SMILES string of the molecule is Cc1ccncc1-c1ccc2[nH]nc(-c3cc4c(-c5cc(F)cc(CCS(C)(=O)=O)c5)cncc4[nH]3)c2c1. The number of H-pyrrole nitrogens is 2.